The van der Waals surface area contributed by atoms with Crippen LogP contribution in [0.15, 0.2) is 65.6 Å². The minimum atomic E-state index is -0.195. The molecule has 0 amide bonds. The van der Waals surface area contributed by atoms with Crippen molar-refractivity contribution in [2.75, 3.05) is 12.0 Å². The summed E-state index contributed by atoms with van der Waals surface area (Å²) in [6, 6.07) is 18.0. The molecule has 0 radical (unpaired) electrons. The number of nitrogens with one attached hydrogen (secondary N) is 1. The Balaban J connectivity index is 1.55. The number of hydrogen-bond donors (Lipinski definition) is 1. The van der Waals surface area contributed by atoms with E-state index in [-0.39, 0.29) is 11.6 Å². The van der Waals surface area contributed by atoms with Gasteiger partial charge in [-0.15, -0.1) is 0 Å². The molecule has 2 aromatic heterocycles. The molecule has 1 aliphatic rings. The summed E-state index contributed by atoms with van der Waals surface area (Å²) < 4.78 is 5.20. The van der Waals surface area contributed by atoms with E-state index in [1.165, 1.54) is 5.56 Å². The Morgan fingerprint density at radius 1 is 1.10 bits per heavy atom. The fourth-order valence-corrected chi connectivity index (χ4v) is 4.12. The van der Waals surface area contributed by atoms with Gasteiger partial charge in [0, 0.05) is 17.9 Å². The fourth-order valence-electron chi connectivity index (χ4n) is 4.12. The van der Waals surface area contributed by atoms with Gasteiger partial charge in [-0.1, -0.05) is 42.5 Å². The average molecular weight is 410 g/mol. The van der Waals surface area contributed by atoms with Crippen LogP contribution in [0.25, 0.3) is 23.2 Å². The van der Waals surface area contributed by atoms with Crippen molar-refractivity contribution in [1.82, 2.24) is 15.0 Å². The summed E-state index contributed by atoms with van der Waals surface area (Å²) in [6.07, 6.45) is 6.47. The Bertz CT molecular complexity index is 1340. The van der Waals surface area contributed by atoms with Crippen LogP contribution in [0.3, 0.4) is 0 Å². The quantitative estimate of drug-likeness (QED) is 0.533. The highest BCUT2D eigenvalue weighted by Gasteiger charge is 2.28. The molecule has 3 heterocycles. The summed E-state index contributed by atoms with van der Waals surface area (Å²) in [5.41, 5.74) is 4.35. The second-order valence-electron chi connectivity index (χ2n) is 7.65. The molecule has 0 bridgehead atoms. The standard InChI is InChI=1S/C25H22N4O2/c1-16-15-19-5-3-4-6-21(19)29(16)25-27-23-22(24(30)28-25)18(13-14-26-23)10-7-17-8-11-20(31-2)12-9-17/h3-14,16H,15H2,1-2H3,(H,26,27,28,30)/b10-7+/t16-/m1/s1. The fraction of sp³-hybridized carbons (Fsp3) is 0.160. The molecule has 31 heavy (non-hydrogen) atoms. The highest BCUT2D eigenvalue weighted by atomic mass is 16.5. The van der Waals surface area contributed by atoms with E-state index in [9.17, 15) is 4.79 Å². The van der Waals surface area contributed by atoms with Crippen LogP contribution in [0.2, 0.25) is 0 Å². The number of benzene rings is 2. The molecule has 1 atom stereocenters. The number of rotatable bonds is 4. The Morgan fingerprint density at radius 3 is 2.71 bits per heavy atom. The van der Waals surface area contributed by atoms with E-state index in [0.717, 1.165) is 29.0 Å². The maximum absolute atomic E-state index is 13.1. The number of fused-ring (bicyclic) bond motifs is 2. The van der Waals surface area contributed by atoms with Gasteiger partial charge in [-0.25, -0.2) is 4.98 Å². The van der Waals surface area contributed by atoms with Gasteiger partial charge >= 0.3 is 0 Å². The lowest BCUT2D eigenvalue weighted by atomic mass is 10.1. The Hall–Kier alpha value is -3.93. The van der Waals surface area contributed by atoms with Crippen molar-refractivity contribution in [3.05, 3.63) is 87.8 Å². The number of aromatic amines is 1. The number of nitrogens with zero attached hydrogens (tertiary/aromatic N) is 3. The van der Waals surface area contributed by atoms with Crippen LogP contribution in [-0.4, -0.2) is 28.1 Å². The predicted octanol–water partition coefficient (Wildman–Crippen LogP) is 4.58. The second kappa shape index (κ2) is 7.72. The third-order valence-corrected chi connectivity index (χ3v) is 5.63. The largest absolute Gasteiger partial charge is 0.497 e. The number of para-hydroxylation sites is 1. The first-order chi connectivity index (χ1) is 15.1. The van der Waals surface area contributed by atoms with Crippen LogP contribution in [0.5, 0.6) is 5.75 Å². The van der Waals surface area contributed by atoms with E-state index in [1.807, 2.05) is 54.6 Å². The minimum absolute atomic E-state index is 0.195. The first kappa shape index (κ1) is 19.1. The molecule has 0 aliphatic carbocycles. The van der Waals surface area contributed by atoms with E-state index < -0.39 is 0 Å². The van der Waals surface area contributed by atoms with Crippen molar-refractivity contribution < 1.29 is 4.74 Å². The molecule has 6 nitrogen and oxygen atoms in total. The maximum atomic E-state index is 13.1. The molecule has 1 N–H and O–H groups in total. The molecule has 2 aromatic carbocycles. The van der Waals surface area contributed by atoms with Gasteiger partial charge in [0.15, 0.2) is 5.65 Å². The van der Waals surface area contributed by atoms with Gasteiger partial charge in [0.25, 0.3) is 5.56 Å². The molecule has 0 fully saturated rings. The number of anilines is 2. The molecule has 0 saturated carbocycles. The van der Waals surface area contributed by atoms with Crippen molar-refractivity contribution in [1.29, 1.82) is 0 Å². The molecule has 0 unspecified atom stereocenters. The average Bonchev–Trinajstić information content (AvgIpc) is 3.13. The number of pyridine rings is 1. The summed E-state index contributed by atoms with van der Waals surface area (Å²) in [6.45, 7) is 2.13. The lowest BCUT2D eigenvalue weighted by Gasteiger charge is -2.23. The molecule has 6 heteroatoms. The van der Waals surface area contributed by atoms with Crippen molar-refractivity contribution in [2.24, 2.45) is 0 Å². The topological polar surface area (TPSA) is 71.1 Å². The second-order valence-corrected chi connectivity index (χ2v) is 7.65. The minimum Gasteiger partial charge on any atom is -0.497 e. The SMILES string of the molecule is COc1ccc(/C=C/c2ccnc3nc(N4c5ccccc5C[C@H]4C)[nH]c(=O)c23)cc1. The van der Waals surface area contributed by atoms with Crippen molar-refractivity contribution >= 4 is 34.8 Å². The van der Waals surface area contributed by atoms with E-state index in [0.29, 0.717) is 17.0 Å². The highest BCUT2D eigenvalue weighted by molar-refractivity contribution is 5.88. The van der Waals surface area contributed by atoms with Crippen molar-refractivity contribution in [2.45, 2.75) is 19.4 Å². The van der Waals surface area contributed by atoms with E-state index in [4.69, 9.17) is 9.72 Å². The van der Waals surface area contributed by atoms with Crippen molar-refractivity contribution in [3.63, 3.8) is 0 Å². The zero-order chi connectivity index (χ0) is 21.4. The third kappa shape index (κ3) is 3.46. The van der Waals surface area contributed by atoms with Crippen molar-refractivity contribution in [3.8, 4) is 5.75 Å². The summed E-state index contributed by atoms with van der Waals surface area (Å²) in [5.74, 6) is 1.33. The molecule has 4 aromatic rings. The lowest BCUT2D eigenvalue weighted by Crippen LogP contribution is -2.28. The van der Waals surface area contributed by atoms with Gasteiger partial charge in [0.1, 0.15) is 5.75 Å². The Morgan fingerprint density at radius 2 is 1.90 bits per heavy atom. The summed E-state index contributed by atoms with van der Waals surface area (Å²) in [5, 5.41) is 0.483. The van der Waals surface area contributed by atoms with E-state index in [2.05, 4.69) is 33.9 Å². The van der Waals surface area contributed by atoms with E-state index in [1.54, 1.807) is 13.3 Å². The van der Waals surface area contributed by atoms with Gasteiger partial charge < -0.3 is 9.64 Å². The molecule has 0 spiro atoms. The molecule has 1 aliphatic heterocycles. The first-order valence-electron chi connectivity index (χ1n) is 10.2. The number of hydrogen-bond acceptors (Lipinski definition) is 5. The molecule has 5 rings (SSSR count). The van der Waals surface area contributed by atoms with Crippen LogP contribution in [-0.2, 0) is 6.42 Å². The van der Waals surface area contributed by atoms with Gasteiger partial charge in [0.2, 0.25) is 5.95 Å². The Kier molecular flexibility index (Phi) is 4.75. The number of H-pyrrole nitrogens is 1. The van der Waals surface area contributed by atoms with Crippen LogP contribution in [0.4, 0.5) is 11.6 Å². The maximum Gasteiger partial charge on any atom is 0.262 e. The highest BCUT2D eigenvalue weighted by Crippen LogP contribution is 2.36. The van der Waals surface area contributed by atoms with Crippen LogP contribution in [0.1, 0.15) is 23.6 Å². The Labute approximate surface area is 179 Å². The monoisotopic (exact) mass is 410 g/mol. The zero-order valence-corrected chi connectivity index (χ0v) is 17.4. The van der Waals surface area contributed by atoms with Gasteiger partial charge in [-0.2, -0.15) is 4.98 Å². The molecule has 154 valence electrons. The van der Waals surface area contributed by atoms with Gasteiger partial charge in [-0.3, -0.25) is 9.78 Å². The molecular formula is C25H22N4O2. The van der Waals surface area contributed by atoms with Crippen LogP contribution in [0, 0.1) is 0 Å². The predicted molar refractivity (Wildman–Crippen MR) is 124 cm³/mol. The van der Waals surface area contributed by atoms with E-state index >= 15 is 0 Å². The number of methoxy groups -OCH3 is 1. The van der Waals surface area contributed by atoms with Crippen LogP contribution < -0.4 is 15.2 Å². The third-order valence-electron chi connectivity index (χ3n) is 5.63. The molecule has 0 saturated heterocycles. The normalized spacial score (nSPS) is 15.5. The van der Waals surface area contributed by atoms with Crippen LogP contribution >= 0.6 is 0 Å². The first-order valence-corrected chi connectivity index (χ1v) is 10.2. The zero-order valence-electron chi connectivity index (χ0n) is 17.4. The van der Waals surface area contributed by atoms with Gasteiger partial charge in [-0.05, 0) is 54.3 Å². The molecular weight excluding hydrogens is 388 g/mol. The number of ether oxygens (including phenoxy) is 1. The summed E-state index contributed by atoms with van der Waals surface area (Å²) in [4.78, 5) is 27.2. The number of aromatic nitrogens is 3. The summed E-state index contributed by atoms with van der Waals surface area (Å²) >= 11 is 0. The van der Waals surface area contributed by atoms with Gasteiger partial charge in [0.05, 0.1) is 12.5 Å². The smallest absolute Gasteiger partial charge is 0.262 e. The summed E-state index contributed by atoms with van der Waals surface area (Å²) in [7, 11) is 1.64. The lowest BCUT2D eigenvalue weighted by molar-refractivity contribution is 0.415.